The summed E-state index contributed by atoms with van der Waals surface area (Å²) in [6.45, 7) is 2.68. The number of fused-ring (bicyclic) bond motifs is 2. The summed E-state index contributed by atoms with van der Waals surface area (Å²) in [6, 6.07) is 8.28. The van der Waals surface area contributed by atoms with Crippen LogP contribution < -0.4 is 10.6 Å². The van der Waals surface area contributed by atoms with Crippen molar-refractivity contribution in [1.29, 1.82) is 0 Å². The number of imidazole rings is 2. The second-order valence-corrected chi connectivity index (χ2v) is 8.85. The van der Waals surface area contributed by atoms with Crippen molar-refractivity contribution < 1.29 is 19.1 Å². The zero-order valence-corrected chi connectivity index (χ0v) is 19.6. The van der Waals surface area contributed by atoms with Crippen molar-refractivity contribution in [1.82, 2.24) is 29.7 Å². The van der Waals surface area contributed by atoms with Gasteiger partial charge in [-0.05, 0) is 30.4 Å². The summed E-state index contributed by atoms with van der Waals surface area (Å²) in [6.07, 6.45) is 9.78. The maximum atomic E-state index is 12.2. The average molecular weight is 479 g/mol. The van der Waals surface area contributed by atoms with Crippen molar-refractivity contribution in [3.05, 3.63) is 71.8 Å². The van der Waals surface area contributed by atoms with Gasteiger partial charge < -0.3 is 29.2 Å². The Morgan fingerprint density at radius 1 is 0.857 bits per heavy atom. The largest absolute Gasteiger partial charge is 0.438 e. The number of rotatable bonds is 9. The molecule has 0 saturated carbocycles. The maximum absolute atomic E-state index is 12.2. The van der Waals surface area contributed by atoms with Crippen molar-refractivity contribution >= 4 is 12.2 Å². The molecule has 10 heteroatoms. The van der Waals surface area contributed by atoms with Crippen LogP contribution in [0.4, 0.5) is 9.59 Å². The second-order valence-electron chi connectivity index (χ2n) is 8.85. The zero-order valence-electron chi connectivity index (χ0n) is 19.6. The van der Waals surface area contributed by atoms with Gasteiger partial charge in [0.05, 0.1) is 0 Å². The van der Waals surface area contributed by atoms with Gasteiger partial charge in [-0.3, -0.25) is 0 Å². The maximum Gasteiger partial charge on any atom is 0.407 e. The Morgan fingerprint density at radius 3 is 2.06 bits per heavy atom. The number of hydrogen-bond acceptors (Lipinski definition) is 6. The number of ether oxygens (including phenoxy) is 2. The number of amides is 2. The minimum Gasteiger partial charge on any atom is -0.438 e. The van der Waals surface area contributed by atoms with Gasteiger partial charge in [-0.1, -0.05) is 24.3 Å². The summed E-state index contributed by atoms with van der Waals surface area (Å²) in [7, 11) is 0. The van der Waals surface area contributed by atoms with Gasteiger partial charge in [0.15, 0.2) is 12.2 Å². The van der Waals surface area contributed by atoms with E-state index < -0.39 is 12.2 Å². The monoisotopic (exact) mass is 478 g/mol. The van der Waals surface area contributed by atoms with E-state index in [1.54, 1.807) is 12.4 Å². The van der Waals surface area contributed by atoms with Crippen molar-refractivity contribution in [2.24, 2.45) is 0 Å². The van der Waals surface area contributed by atoms with Crippen molar-refractivity contribution in [3.8, 4) is 0 Å². The second kappa shape index (κ2) is 10.6. The fourth-order valence-corrected chi connectivity index (χ4v) is 4.66. The first kappa shape index (κ1) is 22.9. The molecular weight excluding hydrogens is 448 g/mol. The van der Waals surface area contributed by atoms with Crippen LogP contribution in [0, 0.1) is 0 Å². The molecule has 184 valence electrons. The van der Waals surface area contributed by atoms with Gasteiger partial charge in [0.25, 0.3) is 0 Å². The van der Waals surface area contributed by atoms with E-state index in [0.717, 1.165) is 56.0 Å². The van der Waals surface area contributed by atoms with Gasteiger partial charge in [-0.15, -0.1) is 0 Å². The molecule has 2 N–H and O–H groups in total. The molecule has 2 aromatic heterocycles. The lowest BCUT2D eigenvalue weighted by Gasteiger charge is -2.12. The van der Waals surface area contributed by atoms with E-state index in [9.17, 15) is 9.59 Å². The normalized spacial score (nSPS) is 18.1. The highest BCUT2D eigenvalue weighted by molar-refractivity contribution is 5.67. The minimum absolute atomic E-state index is 0.270. The van der Waals surface area contributed by atoms with Gasteiger partial charge in [-0.25, -0.2) is 19.6 Å². The van der Waals surface area contributed by atoms with Crippen LogP contribution in [0.2, 0.25) is 0 Å². The molecule has 0 saturated heterocycles. The van der Waals surface area contributed by atoms with Gasteiger partial charge in [0, 0.05) is 63.8 Å². The minimum atomic E-state index is -0.415. The Kier molecular flexibility index (Phi) is 6.97. The number of nitrogens with one attached hydrogen (secondary N) is 2. The number of nitrogens with zero attached hydrogens (tertiary/aromatic N) is 4. The number of hydrogen-bond donors (Lipinski definition) is 2. The highest BCUT2D eigenvalue weighted by atomic mass is 16.6. The number of aryl methyl sites for hydroxylation is 3. The predicted molar refractivity (Wildman–Crippen MR) is 127 cm³/mol. The molecule has 3 aromatic rings. The van der Waals surface area contributed by atoms with Crippen LogP contribution in [0.1, 0.15) is 54.2 Å². The lowest BCUT2D eigenvalue weighted by Crippen LogP contribution is -2.27. The molecule has 2 aliphatic heterocycles. The summed E-state index contributed by atoms with van der Waals surface area (Å²) in [5.74, 6) is 1.62. The van der Waals surface area contributed by atoms with Crippen LogP contribution in [0.15, 0.2) is 49.1 Å². The third-order valence-electron chi connectivity index (χ3n) is 6.42. The smallest absolute Gasteiger partial charge is 0.407 e. The molecule has 0 fully saturated rings. The number of aromatic nitrogens is 4. The Labute approximate surface area is 203 Å². The first-order valence-electron chi connectivity index (χ1n) is 12.1. The number of carbonyl (C=O) groups excluding carboxylic acids is 2. The van der Waals surface area contributed by atoms with Gasteiger partial charge in [0.2, 0.25) is 0 Å². The topological polar surface area (TPSA) is 112 Å². The molecule has 2 amide bonds. The molecule has 4 heterocycles. The lowest BCUT2D eigenvalue weighted by molar-refractivity contribution is 0.0955. The molecule has 10 nitrogen and oxygen atoms in total. The van der Waals surface area contributed by atoms with Crippen LogP contribution in [-0.4, -0.2) is 44.4 Å². The van der Waals surface area contributed by atoms with Crippen molar-refractivity contribution in [3.63, 3.8) is 0 Å². The molecule has 0 bridgehead atoms. The molecule has 0 aliphatic carbocycles. The highest BCUT2D eigenvalue weighted by Crippen LogP contribution is 2.28. The fourth-order valence-electron chi connectivity index (χ4n) is 4.66. The molecular formula is C25H30N6O4. The number of benzene rings is 1. The predicted octanol–water partition coefficient (Wildman–Crippen LogP) is 3.30. The molecule has 5 rings (SSSR count). The zero-order chi connectivity index (χ0) is 24.0. The van der Waals surface area contributed by atoms with E-state index in [1.165, 1.54) is 5.56 Å². The van der Waals surface area contributed by atoms with E-state index in [4.69, 9.17) is 9.47 Å². The Bertz CT molecular complexity index is 1170. The molecule has 2 aliphatic rings. The van der Waals surface area contributed by atoms with Crippen LogP contribution in [-0.2, 0) is 35.4 Å². The fraction of sp³-hybridized carbons (Fsp3) is 0.440. The van der Waals surface area contributed by atoms with Crippen molar-refractivity contribution in [2.75, 3.05) is 13.1 Å². The Hall–Kier alpha value is -3.82. The van der Waals surface area contributed by atoms with E-state index in [-0.39, 0.29) is 12.2 Å². The van der Waals surface area contributed by atoms with Crippen LogP contribution >= 0.6 is 0 Å². The van der Waals surface area contributed by atoms with Gasteiger partial charge >= 0.3 is 12.2 Å². The third-order valence-corrected chi connectivity index (χ3v) is 6.42. The molecule has 2 atom stereocenters. The standard InChI is InChI=1S/C25H30N6O4/c32-24(34-20-7-13-30-15-11-26-22(20)30)28-9-2-5-18-3-1-4-19(17-18)6-10-29-25(33)35-21-8-14-31-16-12-27-23(21)31/h1,3-4,11-12,15-17,20-21H,2,5-10,13-14H2,(H,28,32)(H,29,33)/t20?,21-/m1/s1. The van der Waals surface area contributed by atoms with E-state index in [1.807, 2.05) is 33.7 Å². The van der Waals surface area contributed by atoms with Crippen LogP contribution in [0.25, 0.3) is 0 Å². The summed E-state index contributed by atoms with van der Waals surface area (Å²) in [4.78, 5) is 32.8. The first-order chi connectivity index (χ1) is 17.2. The molecule has 35 heavy (non-hydrogen) atoms. The first-order valence-corrected chi connectivity index (χ1v) is 12.1. The van der Waals surface area contributed by atoms with E-state index in [2.05, 4.69) is 32.7 Å². The summed E-state index contributed by atoms with van der Waals surface area (Å²) in [5.41, 5.74) is 2.33. The molecule has 1 unspecified atom stereocenters. The average Bonchev–Trinajstić information content (AvgIpc) is 3.62. The molecule has 1 aromatic carbocycles. The molecule has 0 radical (unpaired) electrons. The van der Waals surface area contributed by atoms with Gasteiger partial charge in [0.1, 0.15) is 11.6 Å². The van der Waals surface area contributed by atoms with Crippen LogP contribution in [0.5, 0.6) is 0 Å². The quantitative estimate of drug-likeness (QED) is 0.457. The Morgan fingerprint density at radius 2 is 1.43 bits per heavy atom. The number of carbonyl (C=O) groups is 2. The Balaban J connectivity index is 0.980. The summed E-state index contributed by atoms with van der Waals surface area (Å²) >= 11 is 0. The SMILES string of the molecule is O=C(NCCCc1cccc(CCNC(=O)O[C@@H]2CCn3ccnc32)c1)OC1CCn2ccnc21. The molecule has 0 spiro atoms. The highest BCUT2D eigenvalue weighted by Gasteiger charge is 2.27. The van der Waals surface area contributed by atoms with E-state index in [0.29, 0.717) is 19.5 Å². The third kappa shape index (κ3) is 5.64. The van der Waals surface area contributed by atoms with Gasteiger partial charge in [-0.2, -0.15) is 0 Å². The summed E-state index contributed by atoms with van der Waals surface area (Å²) < 4.78 is 15.0. The van der Waals surface area contributed by atoms with Crippen molar-refractivity contribution in [2.45, 2.75) is 57.4 Å². The number of alkyl carbamates (subject to hydrolysis) is 2. The summed E-state index contributed by atoms with van der Waals surface area (Å²) in [5, 5.41) is 5.67. The lowest BCUT2D eigenvalue weighted by atomic mass is 10.0. The van der Waals surface area contributed by atoms with Crippen LogP contribution in [0.3, 0.4) is 0 Å². The van der Waals surface area contributed by atoms with E-state index >= 15 is 0 Å².